The molecule has 0 radical (unpaired) electrons. The second-order valence-corrected chi connectivity index (χ2v) is 5.29. The lowest BCUT2D eigenvalue weighted by atomic mass is 9.93. The number of nitrogens with one attached hydrogen (secondary N) is 1. The van der Waals surface area contributed by atoms with Crippen LogP contribution in [0.15, 0.2) is 48.5 Å². The van der Waals surface area contributed by atoms with Gasteiger partial charge in [-0.25, -0.2) is 4.39 Å². The van der Waals surface area contributed by atoms with Gasteiger partial charge in [0.05, 0.1) is 18.2 Å². The molecule has 110 valence electrons. The quantitative estimate of drug-likeness (QED) is 0.934. The third-order valence-electron chi connectivity index (χ3n) is 3.36. The molecule has 0 atom stereocenters. The van der Waals surface area contributed by atoms with Gasteiger partial charge in [0, 0.05) is 0 Å². The summed E-state index contributed by atoms with van der Waals surface area (Å²) < 4.78 is 18.8. The molecule has 0 fully saturated rings. The topological polar surface area (TPSA) is 38.3 Å². The summed E-state index contributed by atoms with van der Waals surface area (Å²) in [6.45, 7) is 3.74. The first-order valence-corrected chi connectivity index (χ1v) is 6.65. The predicted molar refractivity (Wildman–Crippen MR) is 79.9 cm³/mol. The molecule has 0 saturated heterocycles. The summed E-state index contributed by atoms with van der Waals surface area (Å²) in [6.07, 6.45) is 0. The lowest BCUT2D eigenvalue weighted by Gasteiger charge is -2.27. The lowest BCUT2D eigenvalue weighted by molar-refractivity contribution is 0.0908. The fourth-order valence-electron chi connectivity index (χ4n) is 2.08. The molecule has 0 aliphatic rings. The van der Waals surface area contributed by atoms with Gasteiger partial charge >= 0.3 is 0 Å². The van der Waals surface area contributed by atoms with Gasteiger partial charge in [0.1, 0.15) is 11.6 Å². The van der Waals surface area contributed by atoms with Crippen molar-refractivity contribution < 1.29 is 13.9 Å². The fraction of sp³-hybridized carbons (Fsp3) is 0.235. The van der Waals surface area contributed by atoms with Crippen LogP contribution < -0.4 is 10.1 Å². The van der Waals surface area contributed by atoms with Gasteiger partial charge in [-0.2, -0.15) is 0 Å². The fourth-order valence-corrected chi connectivity index (χ4v) is 2.08. The van der Waals surface area contributed by atoms with E-state index < -0.39 is 17.3 Å². The number of carbonyl (C=O) groups excluding carboxylic acids is 1. The lowest BCUT2D eigenvalue weighted by Crippen LogP contribution is -2.41. The van der Waals surface area contributed by atoms with E-state index in [-0.39, 0.29) is 5.56 Å². The SMILES string of the molecule is COc1ccc(C(C)(C)NC(=O)c2ccccc2F)cc1. The molecule has 0 aliphatic carbocycles. The minimum Gasteiger partial charge on any atom is -0.497 e. The minimum atomic E-state index is -0.619. The zero-order valence-electron chi connectivity index (χ0n) is 12.3. The number of hydrogen-bond acceptors (Lipinski definition) is 2. The van der Waals surface area contributed by atoms with Crippen LogP contribution in [0.5, 0.6) is 5.75 Å². The Hall–Kier alpha value is -2.36. The first-order chi connectivity index (χ1) is 9.94. The average Bonchev–Trinajstić information content (AvgIpc) is 2.47. The summed E-state index contributed by atoms with van der Waals surface area (Å²) in [4.78, 5) is 12.2. The van der Waals surface area contributed by atoms with Gasteiger partial charge in [-0.1, -0.05) is 24.3 Å². The Morgan fingerprint density at radius 1 is 1.10 bits per heavy atom. The van der Waals surface area contributed by atoms with Gasteiger partial charge in [0.15, 0.2) is 0 Å². The van der Waals surface area contributed by atoms with Gasteiger partial charge in [-0.3, -0.25) is 4.79 Å². The van der Waals surface area contributed by atoms with Gasteiger partial charge in [-0.05, 0) is 43.7 Å². The van der Waals surface area contributed by atoms with Crippen molar-refractivity contribution in [1.82, 2.24) is 5.32 Å². The second-order valence-electron chi connectivity index (χ2n) is 5.29. The Bertz CT molecular complexity index is 635. The minimum absolute atomic E-state index is 0.0408. The van der Waals surface area contributed by atoms with E-state index in [1.165, 1.54) is 12.1 Å². The molecule has 0 unspecified atom stereocenters. The van der Waals surface area contributed by atoms with E-state index in [0.717, 1.165) is 11.3 Å². The number of amides is 1. The molecule has 0 saturated carbocycles. The highest BCUT2D eigenvalue weighted by Crippen LogP contribution is 2.23. The number of hydrogen-bond donors (Lipinski definition) is 1. The van der Waals surface area contributed by atoms with E-state index >= 15 is 0 Å². The third kappa shape index (κ3) is 3.40. The number of ether oxygens (including phenoxy) is 1. The van der Waals surface area contributed by atoms with E-state index in [4.69, 9.17) is 4.74 Å². The van der Waals surface area contributed by atoms with Crippen molar-refractivity contribution in [2.24, 2.45) is 0 Å². The summed E-state index contributed by atoms with van der Waals surface area (Å²) in [5.74, 6) is -0.218. The van der Waals surface area contributed by atoms with Crippen LogP contribution in [-0.4, -0.2) is 13.0 Å². The third-order valence-corrected chi connectivity index (χ3v) is 3.36. The summed E-state index contributed by atoms with van der Waals surface area (Å²) in [7, 11) is 1.60. The zero-order chi connectivity index (χ0) is 15.5. The van der Waals surface area contributed by atoms with Crippen LogP contribution in [0.4, 0.5) is 4.39 Å². The summed E-state index contributed by atoms with van der Waals surface area (Å²) >= 11 is 0. The van der Waals surface area contributed by atoms with Crippen LogP contribution in [0, 0.1) is 5.82 Å². The average molecular weight is 287 g/mol. The van der Waals surface area contributed by atoms with E-state index in [0.29, 0.717) is 0 Å². The van der Waals surface area contributed by atoms with Crippen LogP contribution >= 0.6 is 0 Å². The number of benzene rings is 2. The largest absolute Gasteiger partial charge is 0.497 e. The molecule has 1 N–H and O–H groups in total. The molecule has 0 aliphatic heterocycles. The molecule has 0 aromatic heterocycles. The number of carbonyl (C=O) groups is 1. The molecule has 4 heteroatoms. The maximum Gasteiger partial charge on any atom is 0.254 e. The van der Waals surface area contributed by atoms with E-state index in [1.54, 1.807) is 19.2 Å². The maximum atomic E-state index is 13.6. The normalized spacial score (nSPS) is 11.0. The Labute approximate surface area is 123 Å². The maximum absolute atomic E-state index is 13.6. The zero-order valence-corrected chi connectivity index (χ0v) is 12.3. The molecule has 0 heterocycles. The summed E-state index contributed by atoms with van der Waals surface area (Å²) in [6, 6.07) is 13.3. The molecule has 2 aromatic carbocycles. The molecule has 1 amide bonds. The van der Waals surface area contributed by atoms with Crippen LogP contribution in [-0.2, 0) is 5.54 Å². The molecular weight excluding hydrogens is 269 g/mol. The highest BCUT2D eigenvalue weighted by molar-refractivity contribution is 5.95. The van der Waals surface area contributed by atoms with Crippen molar-refractivity contribution >= 4 is 5.91 Å². The smallest absolute Gasteiger partial charge is 0.254 e. The molecule has 21 heavy (non-hydrogen) atoms. The van der Waals surface area contributed by atoms with Crippen molar-refractivity contribution in [2.45, 2.75) is 19.4 Å². The van der Waals surface area contributed by atoms with E-state index in [2.05, 4.69) is 5.32 Å². The van der Waals surface area contributed by atoms with Crippen molar-refractivity contribution in [3.63, 3.8) is 0 Å². The standard InChI is InChI=1S/C17H18FNO2/c1-17(2,12-8-10-13(21-3)11-9-12)19-16(20)14-6-4-5-7-15(14)18/h4-11H,1-3H3,(H,19,20). The molecule has 0 spiro atoms. The number of methoxy groups -OCH3 is 1. The van der Waals surface area contributed by atoms with Crippen molar-refractivity contribution in [3.05, 3.63) is 65.5 Å². The summed E-state index contributed by atoms with van der Waals surface area (Å²) in [5, 5.41) is 2.85. The monoisotopic (exact) mass is 287 g/mol. The molecule has 0 bridgehead atoms. The highest BCUT2D eigenvalue weighted by Gasteiger charge is 2.24. The first-order valence-electron chi connectivity index (χ1n) is 6.65. The molecule has 3 nitrogen and oxygen atoms in total. The van der Waals surface area contributed by atoms with E-state index in [1.807, 2.05) is 38.1 Å². The van der Waals surface area contributed by atoms with Crippen LogP contribution in [0.3, 0.4) is 0 Å². The Kier molecular flexibility index (Phi) is 4.26. The van der Waals surface area contributed by atoms with Crippen molar-refractivity contribution in [2.75, 3.05) is 7.11 Å². The predicted octanol–water partition coefficient (Wildman–Crippen LogP) is 3.50. The Balaban J connectivity index is 2.20. The van der Waals surface area contributed by atoms with Crippen molar-refractivity contribution in [3.8, 4) is 5.75 Å². The van der Waals surface area contributed by atoms with Gasteiger partial charge in [0.2, 0.25) is 0 Å². The number of halogens is 1. The van der Waals surface area contributed by atoms with Gasteiger partial charge in [0.25, 0.3) is 5.91 Å². The number of rotatable bonds is 4. The first kappa shape index (κ1) is 15.0. The van der Waals surface area contributed by atoms with Gasteiger partial charge < -0.3 is 10.1 Å². The Morgan fingerprint density at radius 3 is 2.29 bits per heavy atom. The van der Waals surface area contributed by atoms with Crippen LogP contribution in [0.25, 0.3) is 0 Å². The molecule has 2 aromatic rings. The molecule has 2 rings (SSSR count). The summed E-state index contributed by atoms with van der Waals surface area (Å²) in [5.41, 5.74) is 0.332. The Morgan fingerprint density at radius 2 is 1.71 bits per heavy atom. The second kappa shape index (κ2) is 5.95. The van der Waals surface area contributed by atoms with E-state index in [9.17, 15) is 9.18 Å². The van der Waals surface area contributed by atoms with Crippen LogP contribution in [0.1, 0.15) is 29.8 Å². The molecular formula is C17H18FNO2. The van der Waals surface area contributed by atoms with Crippen LogP contribution in [0.2, 0.25) is 0 Å². The van der Waals surface area contributed by atoms with Crippen molar-refractivity contribution in [1.29, 1.82) is 0 Å². The van der Waals surface area contributed by atoms with Gasteiger partial charge in [-0.15, -0.1) is 0 Å². The highest BCUT2D eigenvalue weighted by atomic mass is 19.1.